The van der Waals surface area contributed by atoms with Crippen LogP contribution in [0.3, 0.4) is 0 Å². The molecule has 1 saturated heterocycles. The van der Waals surface area contributed by atoms with Crippen LogP contribution in [0.4, 0.5) is 8.78 Å². The molecule has 3 aromatic rings. The molecule has 2 N–H and O–H groups in total. The maximum absolute atomic E-state index is 13.9. The summed E-state index contributed by atoms with van der Waals surface area (Å²) in [5.74, 6) is -1.32. The summed E-state index contributed by atoms with van der Waals surface area (Å²) in [6.45, 7) is 2.96. The minimum Gasteiger partial charge on any atom is -0.327 e. The van der Waals surface area contributed by atoms with Gasteiger partial charge in [0.15, 0.2) is 11.6 Å². The van der Waals surface area contributed by atoms with Crippen molar-refractivity contribution >= 4 is 0 Å². The van der Waals surface area contributed by atoms with E-state index in [-0.39, 0.29) is 11.7 Å². The number of nitrogens with two attached hydrogens (primary N) is 1. The molecule has 1 aliphatic rings. The van der Waals surface area contributed by atoms with Gasteiger partial charge in [0.25, 0.3) is 0 Å². The second-order valence-electron chi connectivity index (χ2n) is 6.87. The van der Waals surface area contributed by atoms with Crippen molar-refractivity contribution in [2.75, 3.05) is 13.1 Å². The van der Waals surface area contributed by atoms with E-state index in [9.17, 15) is 8.78 Å². The average Bonchev–Trinajstić information content (AvgIpc) is 3.25. The van der Waals surface area contributed by atoms with Crippen LogP contribution >= 0.6 is 0 Å². The number of para-hydroxylation sites is 1. The van der Waals surface area contributed by atoms with E-state index in [1.807, 2.05) is 6.20 Å². The molecule has 0 amide bonds. The second kappa shape index (κ2) is 7.53. The van der Waals surface area contributed by atoms with E-state index in [0.29, 0.717) is 18.8 Å². The van der Waals surface area contributed by atoms with Crippen LogP contribution in [0.15, 0.2) is 36.7 Å². The molecular formula is C18H21F2N7. The van der Waals surface area contributed by atoms with Crippen molar-refractivity contribution in [1.29, 1.82) is 0 Å². The maximum Gasteiger partial charge on any atom is 0.151 e. The van der Waals surface area contributed by atoms with E-state index in [2.05, 4.69) is 20.3 Å². The molecule has 0 aliphatic carbocycles. The summed E-state index contributed by atoms with van der Waals surface area (Å²) < 4.78 is 30.6. The highest BCUT2D eigenvalue weighted by molar-refractivity contribution is 5.34. The van der Waals surface area contributed by atoms with Crippen molar-refractivity contribution in [3.05, 3.63) is 59.7 Å². The maximum atomic E-state index is 13.9. The number of likely N-dealkylation sites (tertiary alicyclic amines) is 1. The Balaban J connectivity index is 1.43. The summed E-state index contributed by atoms with van der Waals surface area (Å²) in [4.78, 5) is 2.28. The Morgan fingerprint density at radius 2 is 1.93 bits per heavy atom. The van der Waals surface area contributed by atoms with Gasteiger partial charge in [-0.25, -0.2) is 18.1 Å². The van der Waals surface area contributed by atoms with Gasteiger partial charge in [-0.3, -0.25) is 4.90 Å². The number of hydrogen-bond acceptors (Lipinski definition) is 5. The SMILES string of the molecule is NC1CCCN(Cc2cn(Cc3ccn(-c4c(F)cccc4F)n3)nn2)C1. The Labute approximate surface area is 155 Å². The van der Waals surface area contributed by atoms with Crippen molar-refractivity contribution in [3.63, 3.8) is 0 Å². The monoisotopic (exact) mass is 373 g/mol. The first-order valence-electron chi connectivity index (χ1n) is 8.94. The lowest BCUT2D eigenvalue weighted by Gasteiger charge is -2.29. The first-order chi connectivity index (χ1) is 13.1. The second-order valence-corrected chi connectivity index (χ2v) is 6.87. The third-order valence-electron chi connectivity index (χ3n) is 4.65. The average molecular weight is 373 g/mol. The quantitative estimate of drug-likeness (QED) is 0.737. The van der Waals surface area contributed by atoms with Crippen molar-refractivity contribution < 1.29 is 8.78 Å². The van der Waals surface area contributed by atoms with Gasteiger partial charge in [-0.05, 0) is 37.6 Å². The summed E-state index contributed by atoms with van der Waals surface area (Å²) in [5, 5.41) is 12.6. The van der Waals surface area contributed by atoms with Crippen LogP contribution in [0.25, 0.3) is 5.69 Å². The van der Waals surface area contributed by atoms with E-state index < -0.39 is 11.6 Å². The summed E-state index contributed by atoms with van der Waals surface area (Å²) in [6, 6.07) is 5.66. The number of halogens is 2. The Bertz CT molecular complexity index is 900. The fourth-order valence-corrected chi connectivity index (χ4v) is 3.40. The molecule has 1 unspecified atom stereocenters. The molecule has 1 aromatic carbocycles. The highest BCUT2D eigenvalue weighted by Gasteiger charge is 2.18. The minimum atomic E-state index is -0.660. The third kappa shape index (κ3) is 4.04. The normalized spacial score (nSPS) is 18.1. The van der Waals surface area contributed by atoms with Crippen molar-refractivity contribution in [2.24, 2.45) is 5.73 Å². The Hall–Kier alpha value is -2.65. The highest BCUT2D eigenvalue weighted by atomic mass is 19.1. The molecule has 0 saturated carbocycles. The fourth-order valence-electron chi connectivity index (χ4n) is 3.40. The highest BCUT2D eigenvalue weighted by Crippen LogP contribution is 2.17. The molecule has 2 aromatic heterocycles. The fraction of sp³-hybridized carbons (Fsp3) is 0.389. The molecule has 0 spiro atoms. The zero-order valence-corrected chi connectivity index (χ0v) is 14.8. The number of rotatable bonds is 5. The molecule has 4 rings (SSSR count). The van der Waals surface area contributed by atoms with Crippen LogP contribution in [0, 0.1) is 11.6 Å². The Morgan fingerprint density at radius 3 is 2.70 bits per heavy atom. The molecule has 3 heterocycles. The first-order valence-corrected chi connectivity index (χ1v) is 8.94. The van der Waals surface area contributed by atoms with Gasteiger partial charge in [0, 0.05) is 25.3 Å². The van der Waals surface area contributed by atoms with Gasteiger partial charge in [0.1, 0.15) is 5.69 Å². The van der Waals surface area contributed by atoms with Gasteiger partial charge in [0.05, 0.1) is 24.1 Å². The number of hydrogen-bond donors (Lipinski definition) is 1. The van der Waals surface area contributed by atoms with E-state index in [0.717, 1.165) is 31.6 Å². The van der Waals surface area contributed by atoms with Gasteiger partial charge >= 0.3 is 0 Å². The zero-order chi connectivity index (χ0) is 18.8. The van der Waals surface area contributed by atoms with Crippen molar-refractivity contribution in [3.8, 4) is 5.69 Å². The lowest BCUT2D eigenvalue weighted by Crippen LogP contribution is -2.42. The van der Waals surface area contributed by atoms with Crippen LogP contribution in [-0.2, 0) is 13.1 Å². The van der Waals surface area contributed by atoms with Gasteiger partial charge in [-0.15, -0.1) is 5.10 Å². The molecule has 7 nitrogen and oxygen atoms in total. The lowest BCUT2D eigenvalue weighted by molar-refractivity contribution is 0.199. The van der Waals surface area contributed by atoms with Crippen LogP contribution in [0.1, 0.15) is 24.2 Å². The molecular weight excluding hydrogens is 352 g/mol. The number of nitrogens with zero attached hydrogens (tertiary/aromatic N) is 6. The van der Waals surface area contributed by atoms with E-state index >= 15 is 0 Å². The molecule has 142 valence electrons. The van der Waals surface area contributed by atoms with Gasteiger partial charge < -0.3 is 5.73 Å². The molecule has 27 heavy (non-hydrogen) atoms. The van der Waals surface area contributed by atoms with Crippen LogP contribution in [0.5, 0.6) is 0 Å². The van der Waals surface area contributed by atoms with Gasteiger partial charge in [0.2, 0.25) is 0 Å². The minimum absolute atomic E-state index is 0.190. The first kappa shape index (κ1) is 17.7. The van der Waals surface area contributed by atoms with Crippen LogP contribution < -0.4 is 5.73 Å². The van der Waals surface area contributed by atoms with Crippen LogP contribution in [-0.4, -0.2) is 48.8 Å². The number of aromatic nitrogens is 5. The molecule has 1 fully saturated rings. The predicted octanol–water partition coefficient (Wildman–Crippen LogP) is 1.71. The van der Waals surface area contributed by atoms with Crippen molar-refractivity contribution in [2.45, 2.75) is 32.0 Å². The summed E-state index contributed by atoms with van der Waals surface area (Å²) >= 11 is 0. The Kier molecular flexibility index (Phi) is 4.95. The van der Waals surface area contributed by atoms with E-state index in [1.165, 1.54) is 29.1 Å². The molecule has 0 radical (unpaired) electrons. The molecule has 9 heteroatoms. The van der Waals surface area contributed by atoms with E-state index in [1.54, 1.807) is 10.7 Å². The number of piperidine rings is 1. The summed E-state index contributed by atoms with van der Waals surface area (Å²) in [6.07, 6.45) is 5.56. The van der Waals surface area contributed by atoms with Gasteiger partial charge in [-0.1, -0.05) is 11.3 Å². The lowest BCUT2D eigenvalue weighted by atomic mass is 10.1. The van der Waals surface area contributed by atoms with Crippen molar-refractivity contribution in [1.82, 2.24) is 29.7 Å². The zero-order valence-electron chi connectivity index (χ0n) is 14.8. The molecule has 1 atom stereocenters. The third-order valence-corrected chi connectivity index (χ3v) is 4.65. The summed E-state index contributed by atoms with van der Waals surface area (Å²) in [5.41, 5.74) is 7.32. The molecule has 0 bridgehead atoms. The van der Waals surface area contributed by atoms with E-state index in [4.69, 9.17) is 5.73 Å². The summed E-state index contributed by atoms with van der Waals surface area (Å²) in [7, 11) is 0. The molecule has 1 aliphatic heterocycles. The standard InChI is InChI=1S/C18H21F2N7/c19-16-4-1-5-17(20)18(16)27-8-6-14(23-27)11-26-12-15(22-24-26)10-25-7-2-3-13(21)9-25/h1,4-6,8,12-13H,2-3,7,9-11,21H2. The number of benzene rings is 1. The largest absolute Gasteiger partial charge is 0.327 e. The predicted molar refractivity (Wildman–Crippen MR) is 95.1 cm³/mol. The van der Waals surface area contributed by atoms with Gasteiger partial charge in [-0.2, -0.15) is 5.10 Å². The Morgan fingerprint density at radius 1 is 1.11 bits per heavy atom. The topological polar surface area (TPSA) is 77.8 Å². The van der Waals surface area contributed by atoms with Crippen LogP contribution in [0.2, 0.25) is 0 Å². The smallest absolute Gasteiger partial charge is 0.151 e.